The molecule has 184 valence electrons. The van der Waals surface area contributed by atoms with Gasteiger partial charge < -0.3 is 5.32 Å². The van der Waals surface area contributed by atoms with Crippen LogP contribution in [0.2, 0.25) is 0 Å². The lowest BCUT2D eigenvalue weighted by atomic mass is 10.1. The summed E-state index contributed by atoms with van der Waals surface area (Å²) in [6.07, 6.45) is 1.73. The number of hydrogen-bond donors (Lipinski definition) is 1. The molecule has 0 fully saturated rings. The Kier molecular flexibility index (Phi) is 7.10. The summed E-state index contributed by atoms with van der Waals surface area (Å²) in [5.74, 6) is -1.47. The second-order valence-electron chi connectivity index (χ2n) is 7.92. The molecule has 12 nitrogen and oxygen atoms in total. The fourth-order valence-electron chi connectivity index (χ4n) is 3.80. The van der Waals surface area contributed by atoms with Crippen LogP contribution in [0.25, 0.3) is 11.3 Å². The van der Waals surface area contributed by atoms with Gasteiger partial charge in [0, 0.05) is 42.1 Å². The van der Waals surface area contributed by atoms with E-state index in [2.05, 4.69) is 10.3 Å². The van der Waals surface area contributed by atoms with Gasteiger partial charge in [-0.3, -0.25) is 39.5 Å². The van der Waals surface area contributed by atoms with Crippen molar-refractivity contribution < 1.29 is 24.2 Å². The zero-order chi connectivity index (χ0) is 25.8. The van der Waals surface area contributed by atoms with Crippen molar-refractivity contribution in [2.75, 3.05) is 11.9 Å². The standard InChI is InChI=1S/C23H19N5O7S/c29-19(25-23-24-17(13-36-23)14-8-10-15(11-9-14)27(32)33)7-2-1-3-12-26-21(30)16-5-4-6-18(28(34)35)20(16)22(26)31/h4-6,8-11,13H,1-3,7,12H2,(H,24,25,29). The summed E-state index contributed by atoms with van der Waals surface area (Å²) < 4.78 is 0. The van der Waals surface area contributed by atoms with E-state index >= 15 is 0 Å². The van der Waals surface area contributed by atoms with Gasteiger partial charge in [0.15, 0.2) is 5.13 Å². The average molecular weight is 510 g/mol. The van der Waals surface area contributed by atoms with Crippen LogP contribution in [0.3, 0.4) is 0 Å². The molecule has 0 aliphatic carbocycles. The molecule has 36 heavy (non-hydrogen) atoms. The van der Waals surface area contributed by atoms with Crippen LogP contribution in [0, 0.1) is 20.2 Å². The molecule has 0 saturated heterocycles. The van der Waals surface area contributed by atoms with E-state index in [4.69, 9.17) is 0 Å². The lowest BCUT2D eigenvalue weighted by molar-refractivity contribution is -0.385. The summed E-state index contributed by atoms with van der Waals surface area (Å²) in [5, 5.41) is 26.8. The van der Waals surface area contributed by atoms with Gasteiger partial charge >= 0.3 is 0 Å². The molecule has 0 unspecified atom stereocenters. The maximum Gasteiger partial charge on any atom is 0.282 e. The van der Waals surface area contributed by atoms with Crippen LogP contribution in [0.1, 0.15) is 46.4 Å². The van der Waals surface area contributed by atoms with Crippen LogP contribution in [0.5, 0.6) is 0 Å². The first-order chi connectivity index (χ1) is 17.3. The van der Waals surface area contributed by atoms with Gasteiger partial charge in [0.05, 0.1) is 21.1 Å². The zero-order valence-electron chi connectivity index (χ0n) is 18.7. The maximum atomic E-state index is 12.6. The van der Waals surface area contributed by atoms with Crippen LogP contribution in [-0.4, -0.2) is 44.0 Å². The fourth-order valence-corrected chi connectivity index (χ4v) is 4.54. The van der Waals surface area contributed by atoms with Crippen molar-refractivity contribution in [1.82, 2.24) is 9.88 Å². The molecule has 0 radical (unpaired) electrons. The first-order valence-corrected chi connectivity index (χ1v) is 11.8. The number of hydrogen-bond acceptors (Lipinski definition) is 9. The number of thiazole rings is 1. The molecule has 0 saturated carbocycles. The van der Waals surface area contributed by atoms with Gasteiger partial charge in [0.2, 0.25) is 5.91 Å². The van der Waals surface area contributed by atoms with E-state index in [1.54, 1.807) is 17.5 Å². The smallest absolute Gasteiger partial charge is 0.282 e. The topological polar surface area (TPSA) is 166 Å². The summed E-state index contributed by atoms with van der Waals surface area (Å²) in [6.45, 7) is 0.107. The Labute approximate surface area is 207 Å². The number of non-ortho nitro benzene ring substituents is 1. The van der Waals surface area contributed by atoms with Crippen molar-refractivity contribution >= 4 is 45.6 Å². The summed E-state index contributed by atoms with van der Waals surface area (Å²) in [7, 11) is 0. The quantitative estimate of drug-likeness (QED) is 0.181. The van der Waals surface area contributed by atoms with Gasteiger partial charge in [0.1, 0.15) is 5.56 Å². The highest BCUT2D eigenvalue weighted by Crippen LogP contribution is 2.31. The molecule has 0 spiro atoms. The molecule has 1 aliphatic heterocycles. The summed E-state index contributed by atoms with van der Waals surface area (Å²) >= 11 is 1.23. The first kappa shape index (κ1) is 24.6. The SMILES string of the molecule is O=C(CCCCCN1C(=O)c2cccc([N+](=O)[O-])c2C1=O)Nc1nc(-c2ccc([N+](=O)[O-])cc2)cs1. The summed E-state index contributed by atoms with van der Waals surface area (Å²) in [5.41, 5.74) is 0.728. The predicted octanol–water partition coefficient (Wildman–Crippen LogP) is 4.42. The molecule has 1 aliphatic rings. The predicted molar refractivity (Wildman–Crippen MR) is 130 cm³/mol. The van der Waals surface area contributed by atoms with Crippen LogP contribution in [0.4, 0.5) is 16.5 Å². The van der Waals surface area contributed by atoms with Crippen molar-refractivity contribution in [1.29, 1.82) is 0 Å². The lowest BCUT2D eigenvalue weighted by Gasteiger charge is -2.13. The molecular weight excluding hydrogens is 490 g/mol. The third-order valence-corrected chi connectivity index (χ3v) is 6.34. The number of rotatable bonds is 10. The highest BCUT2D eigenvalue weighted by atomic mass is 32.1. The Balaban J connectivity index is 1.22. The third kappa shape index (κ3) is 5.10. The van der Waals surface area contributed by atoms with Gasteiger partial charge in [-0.15, -0.1) is 11.3 Å². The van der Waals surface area contributed by atoms with Crippen molar-refractivity contribution in [3.05, 3.63) is 79.2 Å². The number of anilines is 1. The number of unbranched alkanes of at least 4 members (excludes halogenated alkanes) is 2. The van der Waals surface area contributed by atoms with E-state index in [1.165, 1.54) is 41.7 Å². The number of amides is 3. The number of nitro benzene ring substituents is 2. The van der Waals surface area contributed by atoms with Gasteiger partial charge in [-0.1, -0.05) is 12.5 Å². The van der Waals surface area contributed by atoms with E-state index in [9.17, 15) is 34.6 Å². The number of nitro groups is 2. The highest BCUT2D eigenvalue weighted by molar-refractivity contribution is 7.14. The third-order valence-electron chi connectivity index (χ3n) is 5.58. The van der Waals surface area contributed by atoms with E-state index in [0.717, 1.165) is 4.90 Å². The van der Waals surface area contributed by atoms with Crippen molar-refractivity contribution in [3.8, 4) is 11.3 Å². The normalized spacial score (nSPS) is 12.5. The Bertz CT molecular complexity index is 1370. The molecular formula is C23H19N5O7S. The Hall–Kier alpha value is -4.52. The van der Waals surface area contributed by atoms with Crippen molar-refractivity contribution in [3.63, 3.8) is 0 Å². The number of carbonyl (C=O) groups excluding carboxylic acids is 3. The van der Waals surface area contributed by atoms with Gasteiger partial charge in [-0.25, -0.2) is 4.98 Å². The number of nitrogens with zero attached hydrogens (tertiary/aromatic N) is 4. The minimum atomic E-state index is -0.677. The monoisotopic (exact) mass is 509 g/mol. The number of imide groups is 1. The number of fused-ring (bicyclic) bond motifs is 1. The molecule has 1 N–H and O–H groups in total. The van der Waals surface area contributed by atoms with Gasteiger partial charge in [0.25, 0.3) is 23.2 Å². The number of aromatic nitrogens is 1. The second-order valence-corrected chi connectivity index (χ2v) is 8.78. The summed E-state index contributed by atoms with van der Waals surface area (Å²) in [6, 6.07) is 9.92. The molecule has 1 aromatic heterocycles. The average Bonchev–Trinajstić information content (AvgIpc) is 3.42. The number of benzene rings is 2. The fraction of sp³-hybridized carbons (Fsp3) is 0.217. The van der Waals surface area contributed by atoms with E-state index in [-0.39, 0.29) is 41.4 Å². The molecule has 2 heterocycles. The zero-order valence-corrected chi connectivity index (χ0v) is 19.5. The number of carbonyl (C=O) groups is 3. The van der Waals surface area contributed by atoms with E-state index < -0.39 is 21.7 Å². The first-order valence-electron chi connectivity index (χ1n) is 10.9. The Morgan fingerprint density at radius 1 is 0.972 bits per heavy atom. The van der Waals surface area contributed by atoms with Crippen LogP contribution < -0.4 is 5.32 Å². The Morgan fingerprint density at radius 2 is 1.72 bits per heavy atom. The lowest BCUT2D eigenvalue weighted by Crippen LogP contribution is -2.30. The highest BCUT2D eigenvalue weighted by Gasteiger charge is 2.40. The van der Waals surface area contributed by atoms with Crippen LogP contribution in [-0.2, 0) is 4.79 Å². The molecule has 0 bridgehead atoms. The van der Waals surface area contributed by atoms with Gasteiger partial charge in [-0.2, -0.15) is 0 Å². The van der Waals surface area contributed by atoms with Crippen LogP contribution in [0.15, 0.2) is 47.8 Å². The number of nitrogens with one attached hydrogen (secondary N) is 1. The second kappa shape index (κ2) is 10.4. The largest absolute Gasteiger partial charge is 0.302 e. The molecule has 3 amide bonds. The van der Waals surface area contributed by atoms with Crippen molar-refractivity contribution in [2.24, 2.45) is 0 Å². The minimum absolute atomic E-state index is 0.0215. The minimum Gasteiger partial charge on any atom is -0.302 e. The maximum absolute atomic E-state index is 12.6. The molecule has 4 rings (SSSR count). The van der Waals surface area contributed by atoms with Crippen molar-refractivity contribution in [2.45, 2.75) is 25.7 Å². The summed E-state index contributed by atoms with van der Waals surface area (Å²) in [4.78, 5) is 63.4. The van der Waals surface area contributed by atoms with Crippen LogP contribution >= 0.6 is 11.3 Å². The Morgan fingerprint density at radius 3 is 2.42 bits per heavy atom. The molecule has 13 heteroatoms. The van der Waals surface area contributed by atoms with E-state index in [0.29, 0.717) is 35.7 Å². The van der Waals surface area contributed by atoms with E-state index in [1.807, 2.05) is 0 Å². The molecule has 0 atom stereocenters. The molecule has 3 aromatic rings. The molecule has 2 aromatic carbocycles. The van der Waals surface area contributed by atoms with Gasteiger partial charge in [-0.05, 0) is 31.0 Å².